The molecule has 0 spiro atoms. The molecule has 0 aromatic heterocycles. The lowest BCUT2D eigenvalue weighted by Gasteiger charge is -2.48. The van der Waals surface area contributed by atoms with Gasteiger partial charge in [-0.05, 0) is 184 Å². The van der Waals surface area contributed by atoms with E-state index in [-0.39, 0.29) is 44.6 Å². The van der Waals surface area contributed by atoms with Crippen molar-refractivity contribution in [3.63, 3.8) is 0 Å². The fourth-order valence-corrected chi connectivity index (χ4v) is 13.0. The Labute approximate surface area is 482 Å². The summed E-state index contributed by atoms with van der Waals surface area (Å²) in [6, 6.07) is 64.6. The summed E-state index contributed by atoms with van der Waals surface area (Å²) >= 11 is 0. The topological polar surface area (TPSA) is 9.72 Å². The predicted molar refractivity (Wildman–Crippen MR) is 349 cm³/mol. The zero-order chi connectivity index (χ0) is 57.4. The third-order valence-corrected chi connectivity index (χ3v) is 18.3. The molecule has 0 amide bonds. The Hall–Kier alpha value is -6.78. The molecular weight excluding hydrogens is 966 g/mol. The van der Waals surface area contributed by atoms with Gasteiger partial charge in [0.1, 0.15) is 0 Å². The number of rotatable bonds is 6. The average molecular weight is 1050 g/mol. The molecule has 4 heteroatoms. The average Bonchev–Trinajstić information content (AvgIpc) is 3.38. The smallest absolute Gasteiger partial charge is 0.252 e. The van der Waals surface area contributed by atoms with Crippen LogP contribution < -0.4 is 31.1 Å². The number of fused-ring (bicyclic) bond motifs is 5. The maximum absolute atomic E-state index is 2.71. The first kappa shape index (κ1) is 55.1. The molecule has 0 fully saturated rings. The van der Waals surface area contributed by atoms with Gasteiger partial charge in [-0.3, -0.25) is 0 Å². The minimum Gasteiger partial charge on any atom is -0.311 e. The van der Waals surface area contributed by atoms with Gasteiger partial charge >= 0.3 is 0 Å². The van der Waals surface area contributed by atoms with Crippen molar-refractivity contribution in [2.75, 3.05) is 14.7 Å². The van der Waals surface area contributed by atoms with Crippen molar-refractivity contribution < 1.29 is 0 Å². The summed E-state index contributed by atoms with van der Waals surface area (Å²) in [5.41, 5.74) is 26.4. The molecule has 8 aromatic carbocycles. The first-order chi connectivity index (χ1) is 37.3. The van der Waals surface area contributed by atoms with Crippen molar-refractivity contribution in [3.8, 4) is 11.1 Å². The van der Waals surface area contributed by atoms with Gasteiger partial charge in [0, 0.05) is 45.4 Å². The molecule has 8 aromatic rings. The molecule has 2 heterocycles. The van der Waals surface area contributed by atoms with Crippen molar-refractivity contribution in [3.05, 3.63) is 203 Å². The van der Waals surface area contributed by atoms with E-state index in [1.165, 1.54) is 101 Å². The number of benzene rings is 8. The van der Waals surface area contributed by atoms with E-state index in [2.05, 4.69) is 310 Å². The second kappa shape index (κ2) is 18.9. The molecule has 0 atom stereocenters. The molecular formula is C76H88BN3. The lowest BCUT2D eigenvalue weighted by atomic mass is 9.33. The zero-order valence-electron chi connectivity index (χ0n) is 51.9. The highest BCUT2D eigenvalue weighted by Crippen LogP contribution is 2.54. The summed E-state index contributed by atoms with van der Waals surface area (Å²) < 4.78 is 0. The van der Waals surface area contributed by atoms with E-state index < -0.39 is 0 Å². The van der Waals surface area contributed by atoms with Crippen LogP contribution in [0, 0.1) is 0 Å². The van der Waals surface area contributed by atoms with Gasteiger partial charge in [0.25, 0.3) is 6.71 Å². The molecule has 0 unspecified atom stereocenters. The van der Waals surface area contributed by atoms with Crippen LogP contribution in [0.1, 0.15) is 183 Å². The van der Waals surface area contributed by atoms with Crippen LogP contribution in [0.2, 0.25) is 0 Å². The van der Waals surface area contributed by atoms with Crippen LogP contribution in [0.15, 0.2) is 164 Å². The minimum atomic E-state index is -0.0838. The maximum Gasteiger partial charge on any atom is 0.252 e. The number of nitrogens with zero attached hydrogens (tertiary/aromatic N) is 3. The van der Waals surface area contributed by atoms with Gasteiger partial charge in [-0.15, -0.1) is 0 Å². The third kappa shape index (κ3) is 9.71. The Morgan fingerprint density at radius 2 is 0.825 bits per heavy atom. The number of anilines is 9. The summed E-state index contributed by atoms with van der Waals surface area (Å²) in [6.45, 7) is 44.9. The highest BCUT2D eigenvalue weighted by atomic mass is 15.2. The van der Waals surface area contributed by atoms with Gasteiger partial charge < -0.3 is 14.7 Å². The van der Waals surface area contributed by atoms with Gasteiger partial charge in [-0.25, -0.2) is 0 Å². The van der Waals surface area contributed by atoms with Gasteiger partial charge in [-0.2, -0.15) is 0 Å². The minimum absolute atomic E-state index is 0.0000233. The first-order valence-electron chi connectivity index (χ1n) is 29.7. The summed E-state index contributed by atoms with van der Waals surface area (Å²) in [7, 11) is 0. The molecule has 3 aliphatic rings. The largest absolute Gasteiger partial charge is 0.311 e. The molecule has 3 nitrogen and oxygen atoms in total. The van der Waals surface area contributed by atoms with Crippen LogP contribution in [0.3, 0.4) is 0 Å². The molecule has 1 aliphatic carbocycles. The van der Waals surface area contributed by atoms with E-state index in [1.54, 1.807) is 0 Å². The number of hydrogen-bond donors (Lipinski definition) is 0. The summed E-state index contributed by atoms with van der Waals surface area (Å²) in [6.07, 6.45) is 2.28. The molecule has 0 N–H and O–H groups in total. The fourth-order valence-electron chi connectivity index (χ4n) is 13.0. The van der Waals surface area contributed by atoms with E-state index in [4.69, 9.17) is 0 Å². The van der Waals surface area contributed by atoms with Crippen LogP contribution in [0.5, 0.6) is 0 Å². The van der Waals surface area contributed by atoms with Crippen molar-refractivity contribution in [2.45, 2.75) is 182 Å². The Balaban J connectivity index is 1.34. The molecule has 0 saturated carbocycles. The highest BCUT2D eigenvalue weighted by molar-refractivity contribution is 7.00. The lowest BCUT2D eigenvalue weighted by Crippen LogP contribution is -2.62. The molecule has 0 bridgehead atoms. The Morgan fingerprint density at radius 3 is 1.36 bits per heavy atom. The van der Waals surface area contributed by atoms with Crippen molar-refractivity contribution in [1.82, 2.24) is 0 Å². The molecule has 2 aliphatic heterocycles. The SMILES string of the molecule is CC(C)(C)c1ccc(N(c2ccc(C(C)(C)C)cc2)c2cc3c4c(c2)N(c2ccc(C(C)(C)C)cc2-c2ccccc2)c2cc5c(cc2B4c2ccc(C(C)(C)C)cc2N3c2cccc(C(C)(C)C)c2)C(C)(C)CCC5(C)C)cc1. The predicted octanol–water partition coefficient (Wildman–Crippen LogP) is 19.7. The fraction of sp³-hybridized carbons (Fsp3) is 0.368. The lowest BCUT2D eigenvalue weighted by molar-refractivity contribution is 0.332. The summed E-state index contributed by atoms with van der Waals surface area (Å²) in [4.78, 5) is 7.89. The second-order valence-electron chi connectivity index (χ2n) is 30.3. The zero-order valence-corrected chi connectivity index (χ0v) is 51.9. The standard InChI is InChI=1S/C76H88BN3/c1-70(2,3)50-28-34-55(35-29-50)78(56-36-30-51(31-37-56)71(4,5)6)58-45-67-69-68(46-58)80(64-39-33-53(73(10,11)12)43-59(64)49-24-21-20-22-25-49)66-48-61-60(75(16,17)40-41-76(61,18)19)47-63(66)77(69)62-38-32-54(74(13,14)15)44-65(62)79(67)57-27-23-26-52(42-57)72(7,8)9/h20-39,42-48H,40-41H2,1-19H3. The molecule has 0 radical (unpaired) electrons. The van der Waals surface area contributed by atoms with Crippen LogP contribution in [-0.2, 0) is 37.9 Å². The first-order valence-corrected chi connectivity index (χ1v) is 29.7. The Morgan fingerprint density at radius 1 is 0.362 bits per heavy atom. The Bertz CT molecular complexity index is 3620. The molecule has 0 saturated heterocycles. The summed E-state index contributed by atoms with van der Waals surface area (Å²) in [5.74, 6) is 0. The molecule has 11 rings (SSSR count). The van der Waals surface area contributed by atoms with Crippen LogP contribution >= 0.6 is 0 Å². The Kier molecular flexibility index (Phi) is 13.0. The van der Waals surface area contributed by atoms with Gasteiger partial charge in [0.2, 0.25) is 0 Å². The van der Waals surface area contributed by atoms with E-state index in [0.29, 0.717) is 0 Å². The van der Waals surface area contributed by atoms with Crippen molar-refractivity contribution in [1.29, 1.82) is 0 Å². The highest BCUT2D eigenvalue weighted by Gasteiger charge is 2.48. The van der Waals surface area contributed by atoms with E-state index in [0.717, 1.165) is 29.9 Å². The monoisotopic (exact) mass is 1050 g/mol. The van der Waals surface area contributed by atoms with Crippen molar-refractivity contribution >= 4 is 74.3 Å². The van der Waals surface area contributed by atoms with Crippen LogP contribution in [0.4, 0.5) is 51.2 Å². The maximum atomic E-state index is 2.71. The quantitative estimate of drug-likeness (QED) is 0.154. The molecule has 80 heavy (non-hydrogen) atoms. The van der Waals surface area contributed by atoms with Crippen LogP contribution in [0.25, 0.3) is 11.1 Å². The van der Waals surface area contributed by atoms with Crippen LogP contribution in [-0.4, -0.2) is 6.71 Å². The normalized spacial score (nSPS) is 15.7. The summed E-state index contributed by atoms with van der Waals surface area (Å²) in [5, 5.41) is 0. The van der Waals surface area contributed by atoms with Gasteiger partial charge in [0.05, 0.1) is 11.4 Å². The third-order valence-electron chi connectivity index (χ3n) is 18.3. The van der Waals surface area contributed by atoms with Gasteiger partial charge in [0.15, 0.2) is 0 Å². The van der Waals surface area contributed by atoms with Gasteiger partial charge in [-0.1, -0.05) is 223 Å². The van der Waals surface area contributed by atoms with Crippen molar-refractivity contribution in [2.24, 2.45) is 0 Å². The molecule has 410 valence electrons. The van der Waals surface area contributed by atoms with E-state index in [1.807, 2.05) is 0 Å². The van der Waals surface area contributed by atoms with E-state index in [9.17, 15) is 0 Å². The second-order valence-corrected chi connectivity index (χ2v) is 30.3. The van der Waals surface area contributed by atoms with E-state index >= 15 is 0 Å². The number of hydrogen-bond acceptors (Lipinski definition) is 3.